The second kappa shape index (κ2) is 8.71. The van der Waals surface area contributed by atoms with Gasteiger partial charge in [0.1, 0.15) is 10.7 Å². The van der Waals surface area contributed by atoms with Gasteiger partial charge in [-0.25, -0.2) is 8.42 Å². The first-order chi connectivity index (χ1) is 15.8. The van der Waals surface area contributed by atoms with Crippen molar-refractivity contribution in [2.24, 2.45) is 5.73 Å². The van der Waals surface area contributed by atoms with Crippen LogP contribution >= 0.6 is 0 Å². The average Bonchev–Trinajstić information content (AvgIpc) is 2.82. The third-order valence-electron chi connectivity index (χ3n) is 5.63. The maximum Gasteiger partial charge on any atom is 0.208 e. The highest BCUT2D eigenvalue weighted by atomic mass is 32.2. The molecule has 3 aromatic carbocycles. The summed E-state index contributed by atoms with van der Waals surface area (Å²) in [6.45, 7) is 0. The number of nitrogens with two attached hydrogens (primary N) is 1. The van der Waals surface area contributed by atoms with E-state index in [1.54, 1.807) is 49.6 Å². The van der Waals surface area contributed by atoms with Crippen LogP contribution in [-0.4, -0.2) is 36.7 Å². The number of benzene rings is 3. The molecule has 4 rings (SSSR count). The number of allylic oxidation sites excluding steroid dienone is 1. The van der Waals surface area contributed by atoms with E-state index in [1.165, 1.54) is 7.11 Å². The third kappa shape index (κ3) is 3.98. The smallest absolute Gasteiger partial charge is 0.208 e. The Balaban J connectivity index is 1.98. The van der Waals surface area contributed by atoms with E-state index in [1.807, 2.05) is 43.3 Å². The van der Waals surface area contributed by atoms with Gasteiger partial charge in [-0.2, -0.15) is 0 Å². The molecule has 0 bridgehead atoms. The first-order valence-corrected chi connectivity index (χ1v) is 11.8. The number of nitrogens with zero attached hydrogens (tertiary/aromatic N) is 1. The predicted octanol–water partition coefficient (Wildman–Crippen LogP) is 3.90. The van der Waals surface area contributed by atoms with Crippen molar-refractivity contribution >= 4 is 15.5 Å². The minimum absolute atomic E-state index is 0.00831. The minimum atomic E-state index is -3.97. The molecule has 3 aromatic rings. The summed E-state index contributed by atoms with van der Waals surface area (Å²) in [4.78, 5) is 2.07. The standard InChI is InChI=1S/C25H26N2O5S/c1-27(2)17-11-12-19-21(15-17)32-25(26)24(33(28,29)18-8-6-5-7-9-18)23(19)16-10-13-20(30-3)22(14-16)31-4/h5-15,23H,26H2,1-4H3. The van der Waals surface area contributed by atoms with Gasteiger partial charge in [-0.1, -0.05) is 30.3 Å². The minimum Gasteiger partial charge on any atom is -0.493 e. The van der Waals surface area contributed by atoms with Crippen LogP contribution in [0.5, 0.6) is 17.2 Å². The zero-order valence-electron chi connectivity index (χ0n) is 18.9. The molecule has 0 aromatic heterocycles. The Morgan fingerprint density at radius 1 is 0.909 bits per heavy atom. The van der Waals surface area contributed by atoms with Crippen molar-refractivity contribution < 1.29 is 22.6 Å². The Hall–Kier alpha value is -3.65. The van der Waals surface area contributed by atoms with Crippen molar-refractivity contribution in [1.29, 1.82) is 0 Å². The normalized spacial score (nSPS) is 15.5. The molecule has 0 aliphatic carbocycles. The number of hydrogen-bond acceptors (Lipinski definition) is 7. The van der Waals surface area contributed by atoms with E-state index in [9.17, 15) is 8.42 Å². The van der Waals surface area contributed by atoms with Crippen LogP contribution in [0, 0.1) is 0 Å². The summed E-state index contributed by atoms with van der Waals surface area (Å²) in [5.74, 6) is 0.686. The zero-order valence-corrected chi connectivity index (χ0v) is 19.7. The number of anilines is 1. The molecule has 0 amide bonds. The van der Waals surface area contributed by atoms with E-state index in [0.29, 0.717) is 28.4 Å². The SMILES string of the molecule is COc1ccc(C2C(S(=O)(=O)c3ccccc3)=C(N)Oc3cc(N(C)C)ccc32)cc1OC. The number of sulfone groups is 1. The summed E-state index contributed by atoms with van der Waals surface area (Å²) in [7, 11) is 2.95. The second-order valence-corrected chi connectivity index (χ2v) is 9.73. The Morgan fingerprint density at radius 3 is 2.24 bits per heavy atom. The second-order valence-electron chi connectivity index (χ2n) is 7.81. The van der Waals surface area contributed by atoms with Crippen molar-refractivity contribution in [1.82, 2.24) is 0 Å². The van der Waals surface area contributed by atoms with Crippen molar-refractivity contribution in [3.05, 3.63) is 88.6 Å². The van der Waals surface area contributed by atoms with Crippen molar-refractivity contribution in [3.63, 3.8) is 0 Å². The van der Waals surface area contributed by atoms with Gasteiger partial charge < -0.3 is 24.8 Å². The summed E-state index contributed by atoms with van der Waals surface area (Å²) in [6.07, 6.45) is 0. The maximum atomic E-state index is 13.8. The first-order valence-electron chi connectivity index (χ1n) is 10.3. The summed E-state index contributed by atoms with van der Waals surface area (Å²) in [5, 5.41) is 0. The Kier molecular flexibility index (Phi) is 5.95. The van der Waals surface area contributed by atoms with Crippen molar-refractivity contribution in [2.45, 2.75) is 10.8 Å². The van der Waals surface area contributed by atoms with Crippen LogP contribution in [0.1, 0.15) is 17.0 Å². The molecule has 172 valence electrons. The molecular weight excluding hydrogens is 440 g/mol. The summed E-state index contributed by atoms with van der Waals surface area (Å²) in [5.41, 5.74) is 8.59. The number of ether oxygens (including phenoxy) is 3. The van der Waals surface area contributed by atoms with Crippen LogP contribution in [0.4, 0.5) is 5.69 Å². The van der Waals surface area contributed by atoms with Gasteiger partial charge in [-0.3, -0.25) is 0 Å². The summed E-state index contributed by atoms with van der Waals surface area (Å²) >= 11 is 0. The molecule has 0 fully saturated rings. The van der Waals surface area contributed by atoms with Gasteiger partial charge >= 0.3 is 0 Å². The van der Waals surface area contributed by atoms with E-state index < -0.39 is 15.8 Å². The van der Waals surface area contributed by atoms with E-state index in [4.69, 9.17) is 19.9 Å². The highest BCUT2D eigenvalue weighted by molar-refractivity contribution is 7.95. The average molecular weight is 467 g/mol. The summed E-state index contributed by atoms with van der Waals surface area (Å²) < 4.78 is 44.3. The maximum absolute atomic E-state index is 13.8. The number of methoxy groups -OCH3 is 2. The van der Waals surface area contributed by atoms with Gasteiger partial charge in [-0.05, 0) is 35.9 Å². The Labute approximate surface area is 193 Å². The van der Waals surface area contributed by atoms with Crippen LogP contribution in [0.3, 0.4) is 0 Å². The van der Waals surface area contributed by atoms with Crippen LogP contribution in [0.15, 0.2) is 82.4 Å². The van der Waals surface area contributed by atoms with E-state index in [2.05, 4.69) is 0 Å². The van der Waals surface area contributed by atoms with Crippen molar-refractivity contribution in [2.75, 3.05) is 33.2 Å². The fraction of sp³-hybridized carbons (Fsp3) is 0.200. The van der Waals surface area contributed by atoms with E-state index in [0.717, 1.165) is 5.69 Å². The lowest BCUT2D eigenvalue weighted by Gasteiger charge is -2.30. The van der Waals surface area contributed by atoms with Crippen molar-refractivity contribution in [3.8, 4) is 17.2 Å². The molecule has 0 radical (unpaired) electrons. The molecule has 1 heterocycles. The topological polar surface area (TPSA) is 91.1 Å². The number of rotatable bonds is 6. The number of hydrogen-bond donors (Lipinski definition) is 1. The molecule has 8 heteroatoms. The van der Waals surface area contributed by atoms with Gasteiger partial charge in [0.25, 0.3) is 0 Å². The van der Waals surface area contributed by atoms with Crippen LogP contribution in [0.25, 0.3) is 0 Å². The lowest BCUT2D eigenvalue weighted by atomic mass is 9.88. The zero-order chi connectivity index (χ0) is 23.8. The van der Waals surface area contributed by atoms with Crippen LogP contribution in [0.2, 0.25) is 0 Å². The van der Waals surface area contributed by atoms with Gasteiger partial charge in [0.2, 0.25) is 15.7 Å². The molecule has 0 saturated carbocycles. The molecule has 1 aliphatic rings. The van der Waals surface area contributed by atoms with E-state index >= 15 is 0 Å². The lowest BCUT2D eigenvalue weighted by Crippen LogP contribution is -2.27. The van der Waals surface area contributed by atoms with E-state index in [-0.39, 0.29) is 15.7 Å². The molecule has 2 N–H and O–H groups in total. The summed E-state index contributed by atoms with van der Waals surface area (Å²) in [6, 6.07) is 19.2. The van der Waals surface area contributed by atoms with Crippen LogP contribution in [-0.2, 0) is 9.84 Å². The molecule has 1 unspecified atom stereocenters. The molecule has 0 saturated heterocycles. The molecule has 33 heavy (non-hydrogen) atoms. The molecule has 1 atom stereocenters. The lowest BCUT2D eigenvalue weighted by molar-refractivity contribution is 0.354. The van der Waals surface area contributed by atoms with Gasteiger partial charge in [0.15, 0.2) is 11.5 Å². The fourth-order valence-corrected chi connectivity index (χ4v) is 5.61. The Morgan fingerprint density at radius 2 is 1.61 bits per heavy atom. The highest BCUT2D eigenvalue weighted by Crippen LogP contribution is 2.48. The van der Waals surface area contributed by atoms with Crippen LogP contribution < -0.4 is 24.8 Å². The monoisotopic (exact) mass is 466 g/mol. The van der Waals surface area contributed by atoms with Gasteiger partial charge in [0.05, 0.1) is 25.0 Å². The Bertz CT molecular complexity index is 1320. The van der Waals surface area contributed by atoms with Gasteiger partial charge in [0, 0.05) is 31.4 Å². The quantitative estimate of drug-likeness (QED) is 0.589. The molecule has 1 aliphatic heterocycles. The third-order valence-corrected chi connectivity index (χ3v) is 7.54. The molecule has 0 spiro atoms. The first kappa shape index (κ1) is 22.5. The van der Waals surface area contributed by atoms with Gasteiger partial charge in [-0.15, -0.1) is 0 Å². The highest BCUT2D eigenvalue weighted by Gasteiger charge is 2.39. The largest absolute Gasteiger partial charge is 0.493 e. The molecular formula is C25H26N2O5S. The number of fused-ring (bicyclic) bond motifs is 1. The molecule has 7 nitrogen and oxygen atoms in total. The fourth-order valence-electron chi connectivity index (χ4n) is 3.96. The predicted molar refractivity (Wildman–Crippen MR) is 128 cm³/mol.